The van der Waals surface area contributed by atoms with Gasteiger partial charge in [-0.3, -0.25) is 14.4 Å². The minimum absolute atomic E-state index is 0.0803. The Morgan fingerprint density at radius 2 is 1.93 bits per heavy atom. The number of nitrogens with one attached hydrogen (secondary N) is 1. The fourth-order valence-corrected chi connectivity index (χ4v) is 6.49. The molecule has 1 aromatic rings. The van der Waals surface area contributed by atoms with Gasteiger partial charge < -0.3 is 25.0 Å². The van der Waals surface area contributed by atoms with Crippen molar-refractivity contribution in [2.24, 2.45) is 17.3 Å². The van der Waals surface area contributed by atoms with Gasteiger partial charge >= 0.3 is 5.97 Å². The van der Waals surface area contributed by atoms with Gasteiger partial charge in [-0.25, -0.2) is 4.98 Å². The third-order valence-corrected chi connectivity index (χ3v) is 9.86. The van der Waals surface area contributed by atoms with Crippen LogP contribution in [0.15, 0.2) is 11.0 Å². The summed E-state index contributed by atoms with van der Waals surface area (Å²) in [6, 6.07) is 0. The topological polar surface area (TPSA) is 138 Å². The molecule has 0 aliphatic carbocycles. The molecule has 3 heterocycles. The number of aromatic nitrogens is 1. The van der Waals surface area contributed by atoms with Crippen molar-refractivity contribution in [3.05, 3.63) is 21.7 Å². The van der Waals surface area contributed by atoms with Gasteiger partial charge in [-0.15, -0.1) is 11.3 Å². The fourth-order valence-electron chi connectivity index (χ4n) is 5.92. The van der Waals surface area contributed by atoms with Crippen LogP contribution in [0.5, 0.6) is 0 Å². The van der Waals surface area contributed by atoms with Crippen molar-refractivity contribution in [3.63, 3.8) is 0 Å². The van der Waals surface area contributed by atoms with Crippen LogP contribution < -0.4 is 5.32 Å². The minimum Gasteiger partial charge on any atom is -0.458 e. The largest absolute Gasteiger partial charge is 0.458 e. The summed E-state index contributed by atoms with van der Waals surface area (Å²) >= 11 is 1.55. The van der Waals surface area contributed by atoms with Crippen LogP contribution in [0, 0.1) is 24.2 Å². The number of rotatable bonds is 7. The van der Waals surface area contributed by atoms with Crippen molar-refractivity contribution in [2.75, 3.05) is 6.54 Å². The van der Waals surface area contributed by atoms with Gasteiger partial charge in [0.2, 0.25) is 5.91 Å². The molecule has 2 aliphatic heterocycles. The Kier molecular flexibility index (Phi) is 11.9. The zero-order valence-corrected chi connectivity index (χ0v) is 27.1. The molecule has 7 atom stereocenters. The molecule has 3 N–H and O–H groups in total. The van der Waals surface area contributed by atoms with Gasteiger partial charge in [0.05, 0.1) is 46.5 Å². The quantitative estimate of drug-likeness (QED) is 0.229. The highest BCUT2D eigenvalue weighted by molar-refractivity contribution is 7.09. The van der Waals surface area contributed by atoms with Gasteiger partial charge in [0.15, 0.2) is 0 Å². The number of aryl methyl sites for hydroxylation is 1. The fraction of sp³-hybridized carbons (Fsp3) is 0.750. The number of fused-ring (bicyclic) bond motifs is 1. The lowest BCUT2D eigenvalue weighted by Gasteiger charge is -2.36. The lowest BCUT2D eigenvalue weighted by Crippen LogP contribution is -2.46. The second kappa shape index (κ2) is 14.6. The zero-order valence-electron chi connectivity index (χ0n) is 26.3. The minimum atomic E-state index is -1.29. The molecule has 0 radical (unpaired) electrons. The van der Waals surface area contributed by atoms with Gasteiger partial charge in [0.1, 0.15) is 11.9 Å². The lowest BCUT2D eigenvalue weighted by atomic mass is 9.71. The van der Waals surface area contributed by atoms with Crippen LogP contribution >= 0.6 is 11.3 Å². The predicted molar refractivity (Wildman–Crippen MR) is 163 cm³/mol. The summed E-state index contributed by atoms with van der Waals surface area (Å²) in [7, 11) is 0. The number of hydrogen-bond donors (Lipinski definition) is 3. The number of epoxide rings is 1. The number of nitrogens with zero attached hydrogens (tertiary/aromatic N) is 1. The number of carbonyl (C=O) groups excluding carboxylic acids is 3. The number of aliphatic hydroxyl groups excluding tert-OH is 2. The summed E-state index contributed by atoms with van der Waals surface area (Å²) in [5, 5.41) is 28.2. The van der Waals surface area contributed by atoms with E-state index in [-0.39, 0.29) is 35.7 Å². The van der Waals surface area contributed by atoms with E-state index in [9.17, 15) is 24.6 Å². The normalized spacial score (nSPS) is 33.0. The molecule has 1 amide bonds. The first kappa shape index (κ1) is 34.4. The number of unbranched alkanes of at least 4 members (excludes halogenated alkanes) is 1. The molecule has 2 aliphatic rings. The van der Waals surface area contributed by atoms with Crippen LogP contribution in [0.1, 0.15) is 104 Å². The maximum Gasteiger partial charge on any atom is 0.309 e. The van der Waals surface area contributed by atoms with E-state index >= 15 is 0 Å². The summed E-state index contributed by atoms with van der Waals surface area (Å²) in [5.41, 5.74) is 0.0220. The van der Waals surface area contributed by atoms with E-state index in [1.54, 1.807) is 25.2 Å². The maximum absolute atomic E-state index is 13.9. The Bertz CT molecular complexity index is 1130. The number of amides is 1. The average molecular weight is 607 g/mol. The number of aliphatic hydroxyl groups is 2. The van der Waals surface area contributed by atoms with Crippen molar-refractivity contribution in [3.8, 4) is 0 Å². The monoisotopic (exact) mass is 606 g/mol. The molecular formula is C32H50N2O7S. The van der Waals surface area contributed by atoms with Crippen LogP contribution in [-0.4, -0.2) is 69.4 Å². The first-order valence-corrected chi connectivity index (χ1v) is 16.1. The van der Waals surface area contributed by atoms with E-state index in [1.807, 2.05) is 32.2 Å². The third kappa shape index (κ3) is 9.18. The second-order valence-corrected chi connectivity index (χ2v) is 14.1. The average Bonchev–Trinajstić information content (AvgIpc) is 3.35. The van der Waals surface area contributed by atoms with Crippen molar-refractivity contribution in [1.82, 2.24) is 10.3 Å². The Morgan fingerprint density at radius 1 is 1.21 bits per heavy atom. The number of carbonyl (C=O) groups is 3. The summed E-state index contributed by atoms with van der Waals surface area (Å²) in [4.78, 5) is 42.8. The summed E-state index contributed by atoms with van der Waals surface area (Å²) in [6.07, 6.45) is 3.33. The Hall–Kier alpha value is -2.14. The molecule has 3 rings (SSSR count). The van der Waals surface area contributed by atoms with E-state index in [4.69, 9.17) is 9.47 Å². The second-order valence-electron chi connectivity index (χ2n) is 13.1. The SMILES string of the molecule is CC(=O)NCCCCC1C(=O)C(C)(C)[C@@H](O)CC(=O)OC(/C(C)=C/c2csc(C)n2)CC2OC2(C)CCCC(C)C1O. The zero-order chi connectivity index (χ0) is 31.2. The summed E-state index contributed by atoms with van der Waals surface area (Å²) in [6.45, 7) is 13.1. The number of thiazole rings is 1. The highest BCUT2D eigenvalue weighted by Gasteiger charge is 2.53. The lowest BCUT2D eigenvalue weighted by molar-refractivity contribution is -0.155. The molecule has 0 bridgehead atoms. The maximum atomic E-state index is 13.9. The number of esters is 1. The molecular weight excluding hydrogens is 556 g/mol. The molecule has 1 aromatic heterocycles. The van der Waals surface area contributed by atoms with E-state index in [2.05, 4.69) is 17.2 Å². The first-order valence-electron chi connectivity index (χ1n) is 15.3. The van der Waals surface area contributed by atoms with E-state index in [0.717, 1.165) is 35.5 Å². The predicted octanol–water partition coefficient (Wildman–Crippen LogP) is 4.76. The van der Waals surface area contributed by atoms with E-state index in [0.29, 0.717) is 32.2 Å². The van der Waals surface area contributed by atoms with E-state index in [1.165, 1.54) is 6.92 Å². The van der Waals surface area contributed by atoms with Gasteiger partial charge in [-0.1, -0.05) is 33.6 Å². The molecule has 0 spiro atoms. The Balaban J connectivity index is 1.83. The van der Waals surface area contributed by atoms with Gasteiger partial charge in [-0.05, 0) is 64.0 Å². The van der Waals surface area contributed by atoms with Crippen LogP contribution in [0.4, 0.5) is 0 Å². The molecule has 10 heteroatoms. The van der Waals surface area contributed by atoms with Crippen LogP contribution in [0.3, 0.4) is 0 Å². The van der Waals surface area contributed by atoms with Crippen LogP contribution in [-0.2, 0) is 23.9 Å². The molecule has 2 fully saturated rings. The highest BCUT2D eigenvalue weighted by Crippen LogP contribution is 2.45. The number of hydrogen-bond acceptors (Lipinski definition) is 9. The van der Waals surface area contributed by atoms with Crippen molar-refractivity contribution in [1.29, 1.82) is 0 Å². The van der Waals surface area contributed by atoms with Gasteiger partial charge in [-0.2, -0.15) is 0 Å². The Labute approximate surface area is 254 Å². The molecule has 2 saturated heterocycles. The number of ketones is 1. The molecule has 0 aromatic carbocycles. The van der Waals surface area contributed by atoms with Crippen molar-refractivity contribution >= 4 is 35.1 Å². The smallest absolute Gasteiger partial charge is 0.309 e. The molecule has 42 heavy (non-hydrogen) atoms. The number of ether oxygens (including phenoxy) is 2. The summed E-state index contributed by atoms with van der Waals surface area (Å²) in [5.74, 6) is -1.81. The van der Waals surface area contributed by atoms with Crippen LogP contribution in [0.2, 0.25) is 0 Å². The molecule has 9 nitrogen and oxygen atoms in total. The van der Waals surface area contributed by atoms with Crippen LogP contribution in [0.25, 0.3) is 6.08 Å². The summed E-state index contributed by atoms with van der Waals surface area (Å²) < 4.78 is 12.1. The molecule has 236 valence electrons. The van der Waals surface area contributed by atoms with Gasteiger partial charge in [0, 0.05) is 31.2 Å². The third-order valence-electron chi connectivity index (χ3n) is 9.07. The molecule has 0 saturated carbocycles. The van der Waals surface area contributed by atoms with Crippen molar-refractivity contribution in [2.45, 2.75) is 130 Å². The number of cyclic esters (lactones) is 1. The van der Waals surface area contributed by atoms with Gasteiger partial charge in [0.25, 0.3) is 0 Å². The first-order chi connectivity index (χ1) is 19.6. The molecule has 6 unspecified atom stereocenters. The number of Topliss-reactive ketones (excluding diaryl/α,β-unsaturated/α-hetero) is 1. The Morgan fingerprint density at radius 3 is 2.57 bits per heavy atom. The van der Waals surface area contributed by atoms with E-state index < -0.39 is 35.6 Å². The standard InChI is InChI=1S/C32H50N2O7S/c1-19-11-10-13-32(7)27(41-32)16-25(20(2)15-23-18-42-22(4)34-23)40-28(37)17-26(36)31(5,6)30(39)24(29(19)38)12-8-9-14-33-21(3)35/h15,18-19,24-27,29,36,38H,8-14,16-17H2,1-7H3,(H,33,35)/b20-15+/t19?,24?,25?,26-,27?,29?,32?/m0/s1. The highest BCUT2D eigenvalue weighted by atomic mass is 32.1. The van der Waals surface area contributed by atoms with Crippen molar-refractivity contribution < 1.29 is 34.1 Å².